The number of nitriles is 1. The monoisotopic (exact) mass is 567 g/mol. The van der Waals surface area contributed by atoms with Gasteiger partial charge in [-0.15, -0.1) is 41.0 Å². The Bertz CT molecular complexity index is 1270. The molecule has 0 aliphatic heterocycles. The van der Waals surface area contributed by atoms with Gasteiger partial charge in [-0.1, -0.05) is 30.3 Å². The molecule has 4 aromatic rings. The molecule has 5 nitrogen and oxygen atoms in total. The molecule has 4 rings (SSSR count). The second-order valence-corrected chi connectivity index (χ2v) is 6.65. The van der Waals surface area contributed by atoms with Gasteiger partial charge in [0.1, 0.15) is 0 Å². The van der Waals surface area contributed by atoms with E-state index in [-0.39, 0.29) is 20.1 Å². The van der Waals surface area contributed by atoms with Gasteiger partial charge in [0.2, 0.25) is 0 Å². The van der Waals surface area contributed by atoms with Crippen LogP contribution in [0.2, 0.25) is 0 Å². The van der Waals surface area contributed by atoms with E-state index >= 15 is 0 Å². The van der Waals surface area contributed by atoms with Crippen molar-refractivity contribution in [1.29, 1.82) is 5.26 Å². The van der Waals surface area contributed by atoms with Crippen molar-refractivity contribution in [3.05, 3.63) is 94.8 Å². The fourth-order valence-corrected chi connectivity index (χ4v) is 3.42. The molecule has 0 fully saturated rings. The van der Waals surface area contributed by atoms with Crippen LogP contribution in [0.1, 0.15) is 16.7 Å². The Morgan fingerprint density at radius 2 is 1.73 bits per heavy atom. The van der Waals surface area contributed by atoms with Crippen molar-refractivity contribution in [3.63, 3.8) is 0 Å². The number of aryl methyl sites for hydroxylation is 2. The first-order chi connectivity index (χ1) is 14.1. The van der Waals surface area contributed by atoms with Gasteiger partial charge in [0.15, 0.2) is 11.5 Å². The molecule has 0 atom stereocenters. The maximum absolute atomic E-state index is 9.65. The third-order valence-electron chi connectivity index (χ3n) is 4.77. The zero-order valence-corrected chi connectivity index (χ0v) is 18.7. The predicted octanol–water partition coefficient (Wildman–Crippen LogP) is 5.44. The van der Waals surface area contributed by atoms with Crippen LogP contribution in [0.25, 0.3) is 33.3 Å². The minimum atomic E-state index is 0. The first-order valence-corrected chi connectivity index (χ1v) is 9.05. The number of hydrogen-bond donors (Lipinski definition) is 0. The Morgan fingerprint density at radius 1 is 1.00 bits per heavy atom. The summed E-state index contributed by atoms with van der Waals surface area (Å²) in [6.45, 7) is 11.4. The van der Waals surface area contributed by atoms with Crippen LogP contribution < -0.4 is 0 Å². The van der Waals surface area contributed by atoms with Crippen molar-refractivity contribution >= 4 is 5.69 Å². The van der Waals surface area contributed by atoms with E-state index in [4.69, 9.17) is 6.57 Å². The van der Waals surface area contributed by atoms with Crippen LogP contribution in [0.3, 0.4) is 0 Å². The SMILES string of the molecule is [C-]#[N+]c1ccc(C#N)c(-c2nnc(-c3[c-]cccc3)n2-c2c(C)cccc2C)c1.[Ir]. The Morgan fingerprint density at radius 3 is 2.37 bits per heavy atom. The molecule has 0 aliphatic rings. The smallest absolute Gasteiger partial charge is 0.188 e. The molecule has 30 heavy (non-hydrogen) atoms. The van der Waals surface area contributed by atoms with Gasteiger partial charge in [0.05, 0.1) is 24.0 Å². The first-order valence-electron chi connectivity index (χ1n) is 9.05. The first kappa shape index (κ1) is 21.1. The van der Waals surface area contributed by atoms with Crippen molar-refractivity contribution in [2.75, 3.05) is 0 Å². The molecule has 0 unspecified atom stereocenters. The molecule has 1 aromatic heterocycles. The number of benzene rings is 3. The summed E-state index contributed by atoms with van der Waals surface area (Å²) in [5.41, 5.74) is 5.35. The van der Waals surface area contributed by atoms with Crippen LogP contribution in [0.5, 0.6) is 0 Å². The maximum atomic E-state index is 9.65. The van der Waals surface area contributed by atoms with Crippen LogP contribution in [0.15, 0.2) is 60.7 Å². The minimum Gasteiger partial charge on any atom is -0.316 e. The topological polar surface area (TPSA) is 58.9 Å². The number of hydrogen-bond acceptors (Lipinski definition) is 3. The Balaban J connectivity index is 0.00000256. The molecule has 147 valence electrons. The van der Waals surface area contributed by atoms with E-state index in [0.717, 1.165) is 22.4 Å². The molecule has 0 saturated heterocycles. The Labute approximate surface area is 188 Å². The van der Waals surface area contributed by atoms with Gasteiger partial charge in [-0.05, 0) is 31.0 Å². The minimum absolute atomic E-state index is 0. The molecular weight excluding hydrogens is 551 g/mol. The second-order valence-electron chi connectivity index (χ2n) is 6.65. The van der Waals surface area contributed by atoms with Gasteiger partial charge in [-0.25, -0.2) is 4.85 Å². The van der Waals surface area contributed by atoms with E-state index in [1.807, 2.05) is 60.9 Å². The largest absolute Gasteiger partial charge is 0.316 e. The maximum Gasteiger partial charge on any atom is 0.188 e. The molecule has 0 N–H and O–H groups in total. The third kappa shape index (κ3) is 3.67. The van der Waals surface area contributed by atoms with Gasteiger partial charge in [0, 0.05) is 31.4 Å². The Kier molecular flexibility index (Phi) is 6.23. The molecule has 6 heteroatoms. The van der Waals surface area contributed by atoms with E-state index in [1.165, 1.54) is 0 Å². The molecule has 3 aromatic carbocycles. The molecular formula is C24H16IrN5-. The molecule has 0 bridgehead atoms. The number of aromatic nitrogens is 3. The fraction of sp³-hybridized carbons (Fsp3) is 0.0833. The standard InChI is InChI=1S/C24H16N5.Ir/c1-16-8-7-9-17(2)22(16)29-23(18-10-5-4-6-11-18)27-28-24(29)21-14-20(26-3)13-12-19(21)15-25;/h4-10,12-14H,1-2H3;/q-1;. The third-order valence-corrected chi connectivity index (χ3v) is 4.77. The zero-order valence-electron chi connectivity index (χ0n) is 16.3. The predicted molar refractivity (Wildman–Crippen MR) is 112 cm³/mol. The van der Waals surface area contributed by atoms with Crippen LogP contribution in [-0.2, 0) is 20.1 Å². The summed E-state index contributed by atoms with van der Waals surface area (Å²) in [6.07, 6.45) is 0. The van der Waals surface area contributed by atoms with Gasteiger partial charge < -0.3 is 4.57 Å². The van der Waals surface area contributed by atoms with Crippen LogP contribution in [-0.4, -0.2) is 14.8 Å². The van der Waals surface area contributed by atoms with E-state index in [1.54, 1.807) is 18.2 Å². The zero-order chi connectivity index (χ0) is 20.4. The van der Waals surface area contributed by atoms with Crippen LogP contribution >= 0.6 is 0 Å². The van der Waals surface area contributed by atoms with Crippen molar-refractivity contribution in [1.82, 2.24) is 14.8 Å². The average molecular weight is 567 g/mol. The van der Waals surface area contributed by atoms with Gasteiger partial charge in [0.25, 0.3) is 0 Å². The number of para-hydroxylation sites is 1. The number of nitrogens with zero attached hydrogens (tertiary/aromatic N) is 5. The van der Waals surface area contributed by atoms with Crippen LogP contribution in [0, 0.1) is 37.8 Å². The molecule has 0 spiro atoms. The summed E-state index contributed by atoms with van der Waals surface area (Å²) >= 11 is 0. The quantitative estimate of drug-likeness (QED) is 0.311. The van der Waals surface area contributed by atoms with Crippen molar-refractivity contribution in [3.8, 4) is 34.5 Å². The summed E-state index contributed by atoms with van der Waals surface area (Å²) < 4.78 is 1.96. The molecule has 1 heterocycles. The summed E-state index contributed by atoms with van der Waals surface area (Å²) in [6, 6.07) is 24.1. The summed E-state index contributed by atoms with van der Waals surface area (Å²) in [4.78, 5) is 3.51. The fourth-order valence-electron chi connectivity index (χ4n) is 3.42. The average Bonchev–Trinajstić information content (AvgIpc) is 3.18. The second kappa shape index (κ2) is 8.84. The van der Waals surface area contributed by atoms with Gasteiger partial charge in [-0.3, -0.25) is 0 Å². The van der Waals surface area contributed by atoms with Gasteiger partial charge in [-0.2, -0.15) is 10.4 Å². The van der Waals surface area contributed by atoms with E-state index in [9.17, 15) is 5.26 Å². The number of rotatable bonds is 3. The summed E-state index contributed by atoms with van der Waals surface area (Å²) in [5, 5.41) is 18.5. The van der Waals surface area contributed by atoms with Crippen LogP contribution in [0.4, 0.5) is 5.69 Å². The molecule has 1 radical (unpaired) electrons. The molecule has 0 amide bonds. The van der Waals surface area contributed by atoms with E-state index < -0.39 is 0 Å². The van der Waals surface area contributed by atoms with Crippen molar-refractivity contribution < 1.29 is 20.1 Å². The Hall–Kier alpha value is -3.57. The van der Waals surface area contributed by atoms with E-state index in [0.29, 0.717) is 28.5 Å². The normalized spacial score (nSPS) is 10.0. The van der Waals surface area contributed by atoms with Crippen molar-refractivity contribution in [2.45, 2.75) is 13.8 Å². The molecule has 0 aliphatic carbocycles. The van der Waals surface area contributed by atoms with Crippen molar-refractivity contribution in [2.24, 2.45) is 0 Å². The summed E-state index contributed by atoms with van der Waals surface area (Å²) in [7, 11) is 0. The summed E-state index contributed by atoms with van der Waals surface area (Å²) in [5.74, 6) is 1.16. The molecule has 0 saturated carbocycles. The van der Waals surface area contributed by atoms with Gasteiger partial charge >= 0.3 is 0 Å². The van der Waals surface area contributed by atoms with E-state index in [2.05, 4.69) is 27.2 Å².